The summed E-state index contributed by atoms with van der Waals surface area (Å²) in [6, 6.07) is 13.4. The Morgan fingerprint density at radius 2 is 1.75 bits per heavy atom. The van der Waals surface area contributed by atoms with E-state index in [1.54, 1.807) is 16.7 Å². The topological polar surface area (TPSA) is 49.4 Å². The zero-order chi connectivity index (χ0) is 23.7. The number of halogens is 1. The van der Waals surface area contributed by atoms with Gasteiger partial charge in [0.15, 0.2) is 0 Å². The Bertz CT molecular complexity index is 896. The van der Waals surface area contributed by atoms with Crippen LogP contribution in [0.4, 0.5) is 0 Å². The van der Waals surface area contributed by atoms with Crippen LogP contribution in [0.1, 0.15) is 49.4 Å². The molecule has 0 radical (unpaired) electrons. The van der Waals surface area contributed by atoms with Crippen LogP contribution >= 0.6 is 23.4 Å². The lowest BCUT2D eigenvalue weighted by Gasteiger charge is -2.31. The van der Waals surface area contributed by atoms with Gasteiger partial charge in [-0.15, -0.1) is 11.8 Å². The van der Waals surface area contributed by atoms with Gasteiger partial charge in [0, 0.05) is 23.9 Å². The quantitative estimate of drug-likeness (QED) is 0.449. The van der Waals surface area contributed by atoms with Crippen LogP contribution in [-0.2, 0) is 21.9 Å². The SMILES string of the molecule is CC[C@H](C(=O)NCC(C)C)N(Cc1ccccc1Cl)C(=O)CSCc1cc(C)cc(C)c1. The molecular weight excluding hydrogens is 440 g/mol. The maximum Gasteiger partial charge on any atom is 0.242 e. The highest BCUT2D eigenvalue weighted by molar-refractivity contribution is 7.99. The molecule has 0 spiro atoms. The minimum absolute atomic E-state index is 0.0501. The van der Waals surface area contributed by atoms with E-state index >= 15 is 0 Å². The number of thioether (sulfide) groups is 1. The van der Waals surface area contributed by atoms with Crippen molar-refractivity contribution in [2.24, 2.45) is 5.92 Å². The zero-order valence-corrected chi connectivity index (χ0v) is 21.4. The van der Waals surface area contributed by atoms with Crippen LogP contribution in [0, 0.1) is 19.8 Å². The highest BCUT2D eigenvalue weighted by Gasteiger charge is 2.29. The Hall–Kier alpha value is -1.98. The molecule has 1 atom stereocenters. The standard InChI is InChI=1S/C26H35ClN2O2S/c1-6-24(26(31)28-14-18(2)3)29(15-22-9-7-8-10-23(22)27)25(30)17-32-16-21-12-19(4)11-20(5)13-21/h7-13,18,24H,6,14-17H2,1-5H3,(H,28,31)/t24-/m1/s1. The summed E-state index contributed by atoms with van der Waals surface area (Å²) in [5.41, 5.74) is 4.50. The summed E-state index contributed by atoms with van der Waals surface area (Å²) in [5, 5.41) is 3.59. The largest absolute Gasteiger partial charge is 0.354 e. The summed E-state index contributed by atoms with van der Waals surface area (Å²) in [4.78, 5) is 27.9. The Kier molecular flexibility index (Phi) is 10.6. The molecule has 0 saturated carbocycles. The first kappa shape index (κ1) is 26.3. The molecule has 32 heavy (non-hydrogen) atoms. The number of aryl methyl sites for hydroxylation is 2. The molecule has 2 aromatic rings. The fraction of sp³-hybridized carbons (Fsp3) is 0.462. The highest BCUT2D eigenvalue weighted by atomic mass is 35.5. The zero-order valence-electron chi connectivity index (χ0n) is 19.8. The van der Waals surface area contributed by atoms with Gasteiger partial charge in [-0.3, -0.25) is 9.59 Å². The molecule has 0 aliphatic rings. The fourth-order valence-corrected chi connectivity index (χ4v) is 4.68. The molecule has 4 nitrogen and oxygen atoms in total. The van der Waals surface area contributed by atoms with Gasteiger partial charge in [0.1, 0.15) is 6.04 Å². The minimum Gasteiger partial charge on any atom is -0.354 e. The van der Waals surface area contributed by atoms with Crippen LogP contribution < -0.4 is 5.32 Å². The molecular formula is C26H35ClN2O2S. The molecule has 0 saturated heterocycles. The molecule has 0 bridgehead atoms. The van der Waals surface area contributed by atoms with Crippen LogP contribution in [0.3, 0.4) is 0 Å². The first-order chi connectivity index (χ1) is 15.2. The average molecular weight is 475 g/mol. The van der Waals surface area contributed by atoms with Crippen molar-refractivity contribution >= 4 is 35.2 Å². The third kappa shape index (κ3) is 8.18. The molecule has 0 heterocycles. The Labute approximate surface area is 202 Å². The molecule has 0 aromatic heterocycles. The molecule has 0 unspecified atom stereocenters. The number of rotatable bonds is 11. The molecule has 174 valence electrons. The summed E-state index contributed by atoms with van der Waals surface area (Å²) < 4.78 is 0. The summed E-state index contributed by atoms with van der Waals surface area (Å²) in [6.07, 6.45) is 0.544. The maximum atomic E-state index is 13.3. The normalized spacial score (nSPS) is 12.0. The van der Waals surface area contributed by atoms with Crippen molar-refractivity contribution in [3.05, 3.63) is 69.7 Å². The van der Waals surface area contributed by atoms with Gasteiger partial charge in [-0.1, -0.05) is 79.9 Å². The van der Waals surface area contributed by atoms with Gasteiger partial charge >= 0.3 is 0 Å². The van der Waals surface area contributed by atoms with Gasteiger partial charge in [0.25, 0.3) is 0 Å². The molecule has 1 N–H and O–H groups in total. The monoisotopic (exact) mass is 474 g/mol. The smallest absolute Gasteiger partial charge is 0.242 e. The fourth-order valence-electron chi connectivity index (χ4n) is 3.64. The third-order valence-electron chi connectivity index (χ3n) is 5.14. The van der Waals surface area contributed by atoms with Gasteiger partial charge in [0.2, 0.25) is 11.8 Å². The second-order valence-electron chi connectivity index (χ2n) is 8.66. The predicted octanol–water partition coefficient (Wildman–Crippen LogP) is 5.77. The van der Waals surface area contributed by atoms with E-state index in [-0.39, 0.29) is 11.8 Å². The van der Waals surface area contributed by atoms with Crippen molar-refractivity contribution in [1.82, 2.24) is 10.2 Å². The van der Waals surface area contributed by atoms with Crippen LogP contribution in [0.2, 0.25) is 5.02 Å². The van der Waals surface area contributed by atoms with Crippen LogP contribution in [0.15, 0.2) is 42.5 Å². The Balaban J connectivity index is 2.15. The second kappa shape index (κ2) is 12.9. The number of carbonyl (C=O) groups is 2. The van der Waals surface area contributed by atoms with Gasteiger partial charge in [0.05, 0.1) is 5.75 Å². The highest BCUT2D eigenvalue weighted by Crippen LogP contribution is 2.22. The van der Waals surface area contributed by atoms with E-state index in [9.17, 15) is 9.59 Å². The van der Waals surface area contributed by atoms with E-state index in [1.165, 1.54) is 16.7 Å². The van der Waals surface area contributed by atoms with Gasteiger partial charge in [-0.2, -0.15) is 0 Å². The predicted molar refractivity (Wildman–Crippen MR) is 136 cm³/mol. The summed E-state index contributed by atoms with van der Waals surface area (Å²) >= 11 is 7.95. The second-order valence-corrected chi connectivity index (χ2v) is 10.1. The maximum absolute atomic E-state index is 13.3. The van der Waals surface area contributed by atoms with E-state index < -0.39 is 6.04 Å². The van der Waals surface area contributed by atoms with Gasteiger partial charge in [-0.05, 0) is 43.4 Å². The van der Waals surface area contributed by atoms with Crippen LogP contribution in [-0.4, -0.2) is 35.1 Å². The van der Waals surface area contributed by atoms with E-state index in [4.69, 9.17) is 11.6 Å². The van der Waals surface area contributed by atoms with Crippen LogP contribution in [0.5, 0.6) is 0 Å². The lowest BCUT2D eigenvalue weighted by atomic mass is 10.1. The number of hydrogen-bond donors (Lipinski definition) is 1. The Morgan fingerprint density at radius 3 is 2.34 bits per heavy atom. The first-order valence-electron chi connectivity index (χ1n) is 11.2. The molecule has 2 aromatic carbocycles. The van der Waals surface area contributed by atoms with Crippen molar-refractivity contribution in [2.75, 3.05) is 12.3 Å². The minimum atomic E-state index is -0.528. The summed E-state index contributed by atoms with van der Waals surface area (Å²) in [5.74, 6) is 1.25. The first-order valence-corrected chi connectivity index (χ1v) is 12.7. The van der Waals surface area contributed by atoms with Crippen molar-refractivity contribution in [2.45, 2.75) is 59.4 Å². The van der Waals surface area contributed by atoms with E-state index in [0.29, 0.717) is 36.2 Å². The third-order valence-corrected chi connectivity index (χ3v) is 6.50. The number of carbonyl (C=O) groups excluding carboxylic acids is 2. The lowest BCUT2D eigenvalue weighted by molar-refractivity contribution is -0.139. The van der Waals surface area contributed by atoms with Crippen molar-refractivity contribution in [3.8, 4) is 0 Å². The van der Waals surface area contributed by atoms with E-state index in [1.807, 2.05) is 31.2 Å². The molecule has 2 amide bonds. The number of nitrogens with zero attached hydrogens (tertiary/aromatic N) is 1. The molecule has 0 aliphatic heterocycles. The van der Waals surface area contributed by atoms with E-state index in [0.717, 1.165) is 11.3 Å². The number of amides is 2. The van der Waals surface area contributed by atoms with Crippen molar-refractivity contribution in [1.29, 1.82) is 0 Å². The lowest BCUT2D eigenvalue weighted by Crippen LogP contribution is -2.50. The number of nitrogens with one attached hydrogen (secondary N) is 1. The Morgan fingerprint density at radius 1 is 1.09 bits per heavy atom. The summed E-state index contributed by atoms with van der Waals surface area (Å²) in [6.45, 7) is 11.1. The molecule has 6 heteroatoms. The molecule has 0 aliphatic carbocycles. The molecule has 2 rings (SSSR count). The van der Waals surface area contributed by atoms with Crippen LogP contribution in [0.25, 0.3) is 0 Å². The van der Waals surface area contributed by atoms with Crippen molar-refractivity contribution in [3.63, 3.8) is 0 Å². The van der Waals surface area contributed by atoms with Gasteiger partial charge < -0.3 is 10.2 Å². The van der Waals surface area contributed by atoms with E-state index in [2.05, 4.69) is 51.2 Å². The van der Waals surface area contributed by atoms with Gasteiger partial charge in [-0.25, -0.2) is 0 Å². The summed E-state index contributed by atoms with van der Waals surface area (Å²) in [7, 11) is 0. The van der Waals surface area contributed by atoms with Crippen molar-refractivity contribution < 1.29 is 9.59 Å². The number of hydrogen-bond acceptors (Lipinski definition) is 3. The molecule has 0 fully saturated rings. The number of benzene rings is 2. The average Bonchev–Trinajstić information content (AvgIpc) is 2.72.